The highest BCUT2D eigenvalue weighted by Gasteiger charge is 2.11. The van der Waals surface area contributed by atoms with E-state index in [1.54, 1.807) is 18.1 Å². The zero-order valence-electron chi connectivity index (χ0n) is 11.4. The molecule has 2 N–H and O–H groups in total. The van der Waals surface area contributed by atoms with Crippen LogP contribution in [-0.4, -0.2) is 27.5 Å². The molecule has 0 amide bonds. The topological polar surface area (TPSA) is 53.6 Å². The van der Waals surface area contributed by atoms with Crippen molar-refractivity contribution in [2.45, 2.75) is 31.5 Å². The van der Waals surface area contributed by atoms with Crippen LogP contribution in [0.3, 0.4) is 0 Å². The number of benzene rings is 1. The van der Waals surface area contributed by atoms with E-state index in [1.807, 2.05) is 0 Å². The summed E-state index contributed by atoms with van der Waals surface area (Å²) in [4.78, 5) is 4.14. The van der Waals surface area contributed by atoms with Gasteiger partial charge in [0.25, 0.3) is 0 Å². The Balaban J connectivity index is 2.01. The van der Waals surface area contributed by atoms with E-state index >= 15 is 0 Å². The Kier molecular flexibility index (Phi) is 5.42. The Hall–Kier alpha value is -1.33. The van der Waals surface area contributed by atoms with Crippen LogP contribution in [0.15, 0.2) is 35.7 Å². The summed E-state index contributed by atoms with van der Waals surface area (Å²) in [6.45, 7) is 5.26. The third-order valence-electron chi connectivity index (χ3n) is 3.02. The number of hydrogen-bond donors (Lipinski definition) is 2. The third-order valence-corrected chi connectivity index (χ3v) is 3.99. The largest absolute Gasteiger partial charge is 0.309 e. The number of nitrogens with zero attached hydrogens (tertiary/aromatic N) is 2. The Morgan fingerprint density at radius 3 is 2.63 bits per heavy atom. The number of H-pyrrole nitrogens is 1. The van der Waals surface area contributed by atoms with Gasteiger partial charge in [-0.05, 0) is 24.1 Å². The highest BCUT2D eigenvalue weighted by molar-refractivity contribution is 7.99. The molecule has 0 saturated carbocycles. The zero-order valence-corrected chi connectivity index (χ0v) is 12.2. The minimum atomic E-state index is 0.339. The molecule has 5 heteroatoms. The fourth-order valence-electron chi connectivity index (χ4n) is 1.93. The molecule has 0 aliphatic carbocycles. The van der Waals surface area contributed by atoms with Gasteiger partial charge in [0.2, 0.25) is 0 Å². The van der Waals surface area contributed by atoms with Gasteiger partial charge in [0, 0.05) is 11.8 Å². The fourth-order valence-corrected chi connectivity index (χ4v) is 2.80. The summed E-state index contributed by atoms with van der Waals surface area (Å²) in [6.07, 6.45) is 2.62. The predicted octanol–water partition coefficient (Wildman–Crippen LogP) is 2.81. The molecule has 2 aromatic rings. The highest BCUT2D eigenvalue weighted by Crippen LogP contribution is 2.22. The second-order valence-corrected chi connectivity index (χ2v) is 5.32. The molecule has 0 saturated heterocycles. The summed E-state index contributed by atoms with van der Waals surface area (Å²) in [6, 6.07) is 9.18. The molecule has 1 unspecified atom stereocenters. The monoisotopic (exact) mass is 276 g/mol. The number of aryl methyl sites for hydroxylation is 1. The summed E-state index contributed by atoms with van der Waals surface area (Å²) in [5, 5.41) is 11.1. The summed E-state index contributed by atoms with van der Waals surface area (Å²) in [7, 11) is 0. The van der Waals surface area contributed by atoms with E-state index in [-0.39, 0.29) is 0 Å². The van der Waals surface area contributed by atoms with E-state index < -0.39 is 0 Å². The van der Waals surface area contributed by atoms with Crippen molar-refractivity contribution < 1.29 is 0 Å². The van der Waals surface area contributed by atoms with Gasteiger partial charge in [-0.1, -0.05) is 49.9 Å². The smallest absolute Gasteiger partial charge is 0.183 e. The normalized spacial score (nSPS) is 12.5. The van der Waals surface area contributed by atoms with Crippen LogP contribution >= 0.6 is 11.8 Å². The van der Waals surface area contributed by atoms with Crippen LogP contribution in [0.1, 0.15) is 31.0 Å². The van der Waals surface area contributed by atoms with Crippen LogP contribution in [0.25, 0.3) is 0 Å². The molecule has 1 aromatic carbocycles. The fraction of sp³-hybridized carbons (Fsp3) is 0.429. The number of hydrogen-bond acceptors (Lipinski definition) is 4. The van der Waals surface area contributed by atoms with Crippen LogP contribution in [0, 0.1) is 0 Å². The number of aromatic amines is 1. The van der Waals surface area contributed by atoms with Gasteiger partial charge in [0.15, 0.2) is 5.16 Å². The van der Waals surface area contributed by atoms with Crippen LogP contribution in [-0.2, 0) is 6.42 Å². The molecule has 4 nitrogen and oxygen atoms in total. The first-order valence-corrected chi connectivity index (χ1v) is 7.62. The molecule has 1 aromatic heterocycles. The molecule has 0 radical (unpaired) electrons. The summed E-state index contributed by atoms with van der Waals surface area (Å²) in [5.74, 6) is 0.939. The molecule has 102 valence electrons. The molecule has 0 aliphatic rings. The van der Waals surface area contributed by atoms with Crippen LogP contribution < -0.4 is 5.32 Å². The van der Waals surface area contributed by atoms with Crippen LogP contribution in [0.5, 0.6) is 0 Å². The van der Waals surface area contributed by atoms with E-state index in [0.29, 0.717) is 6.04 Å². The third kappa shape index (κ3) is 4.08. The standard InChI is InChI=1S/C14H20N4S/c1-3-11-5-7-12(8-6-11)13(15-4-2)9-19-14-16-10-17-18-14/h5-8,10,13,15H,3-4,9H2,1-2H3,(H,16,17,18). The molecule has 1 atom stereocenters. The van der Waals surface area contributed by atoms with Crippen molar-refractivity contribution in [1.29, 1.82) is 0 Å². The van der Waals surface area contributed by atoms with Crippen molar-refractivity contribution in [2.75, 3.05) is 12.3 Å². The lowest BCUT2D eigenvalue weighted by atomic mass is 10.1. The number of thioether (sulfide) groups is 1. The lowest BCUT2D eigenvalue weighted by Gasteiger charge is -2.17. The van der Waals surface area contributed by atoms with Crippen molar-refractivity contribution in [2.24, 2.45) is 0 Å². The molecular formula is C14H20N4S. The molecule has 0 aliphatic heterocycles. The molecule has 0 spiro atoms. The Morgan fingerprint density at radius 2 is 2.05 bits per heavy atom. The summed E-state index contributed by atoms with van der Waals surface area (Å²) >= 11 is 1.69. The van der Waals surface area contributed by atoms with Gasteiger partial charge >= 0.3 is 0 Å². The molecule has 19 heavy (non-hydrogen) atoms. The minimum absolute atomic E-state index is 0.339. The SMILES string of the molecule is CCNC(CSc1ncn[nH]1)c1ccc(CC)cc1. The zero-order chi connectivity index (χ0) is 13.5. The molecule has 0 bridgehead atoms. The van der Waals surface area contributed by atoms with Crippen molar-refractivity contribution in [3.05, 3.63) is 41.7 Å². The van der Waals surface area contributed by atoms with E-state index in [0.717, 1.165) is 23.9 Å². The quantitative estimate of drug-likeness (QED) is 0.764. The van der Waals surface area contributed by atoms with E-state index in [2.05, 4.69) is 58.6 Å². The lowest BCUT2D eigenvalue weighted by Crippen LogP contribution is -2.23. The molecule has 0 fully saturated rings. The molecule has 1 heterocycles. The van der Waals surface area contributed by atoms with Gasteiger partial charge in [-0.3, -0.25) is 5.10 Å². The van der Waals surface area contributed by atoms with Gasteiger partial charge in [0.05, 0.1) is 0 Å². The number of aromatic nitrogens is 3. The average Bonchev–Trinajstić information content (AvgIpc) is 2.97. The Bertz CT molecular complexity index is 467. The van der Waals surface area contributed by atoms with Crippen molar-refractivity contribution >= 4 is 11.8 Å². The molecular weight excluding hydrogens is 256 g/mol. The van der Waals surface area contributed by atoms with E-state index in [1.165, 1.54) is 11.1 Å². The van der Waals surface area contributed by atoms with Gasteiger partial charge in [-0.15, -0.1) is 0 Å². The minimum Gasteiger partial charge on any atom is -0.309 e. The van der Waals surface area contributed by atoms with Crippen molar-refractivity contribution in [3.63, 3.8) is 0 Å². The van der Waals surface area contributed by atoms with Gasteiger partial charge < -0.3 is 5.32 Å². The lowest BCUT2D eigenvalue weighted by molar-refractivity contribution is 0.605. The Morgan fingerprint density at radius 1 is 1.26 bits per heavy atom. The van der Waals surface area contributed by atoms with Crippen LogP contribution in [0.2, 0.25) is 0 Å². The van der Waals surface area contributed by atoms with Crippen LogP contribution in [0.4, 0.5) is 0 Å². The van der Waals surface area contributed by atoms with Gasteiger partial charge in [0.1, 0.15) is 6.33 Å². The van der Waals surface area contributed by atoms with Crippen molar-refractivity contribution in [1.82, 2.24) is 20.5 Å². The van der Waals surface area contributed by atoms with Crippen molar-refractivity contribution in [3.8, 4) is 0 Å². The Labute approximate surface area is 118 Å². The maximum absolute atomic E-state index is 4.14. The number of rotatable bonds is 7. The maximum Gasteiger partial charge on any atom is 0.183 e. The predicted molar refractivity (Wildman–Crippen MR) is 79.3 cm³/mol. The highest BCUT2D eigenvalue weighted by atomic mass is 32.2. The maximum atomic E-state index is 4.14. The second-order valence-electron chi connectivity index (χ2n) is 4.31. The van der Waals surface area contributed by atoms with E-state index in [4.69, 9.17) is 0 Å². The average molecular weight is 276 g/mol. The first kappa shape index (κ1) is 14.1. The first-order valence-electron chi connectivity index (χ1n) is 6.63. The second kappa shape index (κ2) is 7.31. The molecule has 2 rings (SSSR count). The first-order chi connectivity index (χ1) is 9.33. The number of nitrogens with one attached hydrogen (secondary N) is 2. The summed E-state index contributed by atoms with van der Waals surface area (Å²) < 4.78 is 0. The van der Waals surface area contributed by atoms with E-state index in [9.17, 15) is 0 Å². The summed E-state index contributed by atoms with van der Waals surface area (Å²) in [5.41, 5.74) is 2.70. The van der Waals surface area contributed by atoms with Gasteiger partial charge in [-0.2, -0.15) is 5.10 Å². The van der Waals surface area contributed by atoms with Gasteiger partial charge in [-0.25, -0.2) is 4.98 Å².